The van der Waals surface area contributed by atoms with Crippen LogP contribution in [0, 0.1) is 12.8 Å². The fourth-order valence-corrected chi connectivity index (χ4v) is 5.32. The first-order valence-corrected chi connectivity index (χ1v) is 10.2. The van der Waals surface area contributed by atoms with E-state index < -0.39 is 10.0 Å². The van der Waals surface area contributed by atoms with Gasteiger partial charge in [0.2, 0.25) is 10.0 Å². The van der Waals surface area contributed by atoms with E-state index in [0.29, 0.717) is 24.0 Å². The van der Waals surface area contributed by atoms with Crippen molar-refractivity contribution in [1.29, 1.82) is 0 Å². The summed E-state index contributed by atoms with van der Waals surface area (Å²) in [7, 11) is -3.34. The fraction of sp³-hybridized carbons (Fsp3) is 0.667. The quantitative estimate of drug-likeness (QED) is 0.852. The zero-order valence-electron chi connectivity index (χ0n) is 14.2. The lowest BCUT2D eigenvalue weighted by Gasteiger charge is -2.41. The number of nitrogens with zero attached hydrogens (tertiary/aromatic N) is 2. The van der Waals surface area contributed by atoms with Gasteiger partial charge in [-0.3, -0.25) is 4.90 Å². The standard InChI is InChI=1S/C18H28N2O2S/c1-15-6-8-18(9-7-15)23(21,22)20-12-10-19(11-13-20)17-5-3-4-16(2)14-17/h6-9,16-17H,3-5,10-14H2,1-2H3/t16-,17-/m1/s1. The Hall–Kier alpha value is -0.910. The van der Waals surface area contributed by atoms with Gasteiger partial charge in [0.1, 0.15) is 0 Å². The maximum atomic E-state index is 12.7. The Morgan fingerprint density at radius 1 is 1.00 bits per heavy atom. The molecule has 1 saturated heterocycles. The lowest BCUT2D eigenvalue weighted by Crippen LogP contribution is -2.52. The summed E-state index contributed by atoms with van der Waals surface area (Å²) in [5.74, 6) is 0.808. The lowest BCUT2D eigenvalue weighted by atomic mass is 9.86. The molecule has 3 rings (SSSR count). The van der Waals surface area contributed by atoms with E-state index in [1.807, 2.05) is 19.1 Å². The highest BCUT2D eigenvalue weighted by molar-refractivity contribution is 7.89. The number of aryl methyl sites for hydroxylation is 1. The molecule has 2 atom stereocenters. The summed E-state index contributed by atoms with van der Waals surface area (Å²) < 4.78 is 27.1. The van der Waals surface area contributed by atoms with Gasteiger partial charge in [0.15, 0.2) is 0 Å². The van der Waals surface area contributed by atoms with Gasteiger partial charge in [-0.15, -0.1) is 0 Å². The molecule has 0 bridgehead atoms. The molecule has 128 valence electrons. The van der Waals surface area contributed by atoms with Crippen LogP contribution in [0.3, 0.4) is 0 Å². The largest absolute Gasteiger partial charge is 0.298 e. The molecule has 1 heterocycles. The van der Waals surface area contributed by atoms with Crippen molar-refractivity contribution in [1.82, 2.24) is 9.21 Å². The van der Waals surface area contributed by atoms with E-state index in [2.05, 4.69) is 11.8 Å². The van der Waals surface area contributed by atoms with Gasteiger partial charge in [-0.2, -0.15) is 4.31 Å². The third kappa shape index (κ3) is 3.78. The Kier molecular flexibility index (Phi) is 5.09. The van der Waals surface area contributed by atoms with Gasteiger partial charge in [0.05, 0.1) is 4.90 Å². The molecule has 2 fully saturated rings. The van der Waals surface area contributed by atoms with Crippen molar-refractivity contribution < 1.29 is 8.42 Å². The molecule has 4 nitrogen and oxygen atoms in total. The van der Waals surface area contributed by atoms with Crippen LogP contribution in [0.15, 0.2) is 29.2 Å². The highest BCUT2D eigenvalue weighted by Gasteiger charge is 2.32. The molecular weight excluding hydrogens is 308 g/mol. The average molecular weight is 337 g/mol. The van der Waals surface area contributed by atoms with Gasteiger partial charge in [-0.1, -0.05) is 37.5 Å². The van der Waals surface area contributed by atoms with E-state index in [-0.39, 0.29) is 0 Å². The second-order valence-corrected chi connectivity index (χ2v) is 9.12. The van der Waals surface area contributed by atoms with E-state index in [9.17, 15) is 8.42 Å². The van der Waals surface area contributed by atoms with Crippen molar-refractivity contribution >= 4 is 10.0 Å². The normalized spacial score (nSPS) is 27.9. The van der Waals surface area contributed by atoms with Gasteiger partial charge >= 0.3 is 0 Å². The van der Waals surface area contributed by atoms with Gasteiger partial charge in [-0.05, 0) is 37.8 Å². The van der Waals surface area contributed by atoms with Crippen LogP contribution in [0.25, 0.3) is 0 Å². The molecule has 1 aromatic rings. The van der Waals surface area contributed by atoms with E-state index in [1.54, 1.807) is 16.4 Å². The lowest BCUT2D eigenvalue weighted by molar-refractivity contribution is 0.0967. The monoisotopic (exact) mass is 336 g/mol. The number of benzene rings is 1. The van der Waals surface area contributed by atoms with Crippen LogP contribution in [0.2, 0.25) is 0 Å². The minimum atomic E-state index is -3.34. The summed E-state index contributed by atoms with van der Waals surface area (Å²) in [4.78, 5) is 2.93. The van der Waals surface area contributed by atoms with E-state index in [4.69, 9.17) is 0 Å². The van der Waals surface area contributed by atoms with Crippen LogP contribution in [0.1, 0.15) is 38.2 Å². The average Bonchev–Trinajstić information content (AvgIpc) is 2.55. The molecule has 0 spiro atoms. The van der Waals surface area contributed by atoms with Crippen molar-refractivity contribution in [3.05, 3.63) is 29.8 Å². The minimum absolute atomic E-state index is 0.419. The van der Waals surface area contributed by atoms with Crippen molar-refractivity contribution in [2.75, 3.05) is 26.2 Å². The predicted molar refractivity (Wildman–Crippen MR) is 92.9 cm³/mol. The first kappa shape index (κ1) is 16.9. The van der Waals surface area contributed by atoms with Crippen LogP contribution in [0.5, 0.6) is 0 Å². The Morgan fingerprint density at radius 2 is 1.65 bits per heavy atom. The summed E-state index contributed by atoms with van der Waals surface area (Å²) in [5.41, 5.74) is 1.08. The Labute approximate surface area is 140 Å². The molecule has 0 amide bonds. The second-order valence-electron chi connectivity index (χ2n) is 7.18. The summed E-state index contributed by atoms with van der Waals surface area (Å²) in [5, 5.41) is 0. The molecule has 23 heavy (non-hydrogen) atoms. The zero-order valence-corrected chi connectivity index (χ0v) is 15.1. The molecular formula is C18H28N2O2S. The number of rotatable bonds is 3. The van der Waals surface area contributed by atoms with E-state index in [1.165, 1.54) is 25.7 Å². The predicted octanol–water partition coefficient (Wildman–Crippen LogP) is 2.88. The molecule has 0 radical (unpaired) electrons. The zero-order chi connectivity index (χ0) is 16.4. The fourth-order valence-electron chi connectivity index (χ4n) is 3.90. The smallest absolute Gasteiger partial charge is 0.243 e. The third-order valence-electron chi connectivity index (χ3n) is 5.36. The minimum Gasteiger partial charge on any atom is -0.298 e. The Bertz CT molecular complexity index is 619. The SMILES string of the molecule is Cc1ccc(S(=O)(=O)N2CCN([C@@H]3CCC[C@@H](C)C3)CC2)cc1. The van der Waals surface area contributed by atoms with Crippen molar-refractivity contribution in [2.45, 2.75) is 50.5 Å². The molecule has 1 aromatic carbocycles. The molecule has 0 unspecified atom stereocenters. The molecule has 1 saturated carbocycles. The molecule has 0 N–H and O–H groups in total. The molecule has 5 heteroatoms. The number of hydrogen-bond donors (Lipinski definition) is 0. The van der Waals surface area contributed by atoms with Gasteiger partial charge in [0.25, 0.3) is 0 Å². The summed E-state index contributed by atoms with van der Waals surface area (Å²) in [6.45, 7) is 7.26. The number of piperazine rings is 1. The van der Waals surface area contributed by atoms with Crippen molar-refractivity contribution in [3.63, 3.8) is 0 Å². The highest BCUT2D eigenvalue weighted by Crippen LogP contribution is 2.28. The van der Waals surface area contributed by atoms with Crippen molar-refractivity contribution in [3.8, 4) is 0 Å². The first-order valence-electron chi connectivity index (χ1n) is 8.77. The highest BCUT2D eigenvalue weighted by atomic mass is 32.2. The Morgan fingerprint density at radius 3 is 2.26 bits per heavy atom. The summed E-state index contributed by atoms with van der Waals surface area (Å²) >= 11 is 0. The molecule has 2 aliphatic rings. The van der Waals surface area contributed by atoms with Crippen molar-refractivity contribution in [2.24, 2.45) is 5.92 Å². The number of hydrogen-bond acceptors (Lipinski definition) is 3. The number of sulfonamides is 1. The second kappa shape index (κ2) is 6.91. The van der Waals surface area contributed by atoms with Crippen LogP contribution < -0.4 is 0 Å². The molecule has 1 aliphatic carbocycles. The van der Waals surface area contributed by atoms with Crippen LogP contribution in [-0.2, 0) is 10.0 Å². The van der Waals surface area contributed by atoms with Crippen LogP contribution in [-0.4, -0.2) is 49.8 Å². The van der Waals surface area contributed by atoms with E-state index in [0.717, 1.165) is 24.6 Å². The van der Waals surface area contributed by atoms with Gasteiger partial charge < -0.3 is 0 Å². The Balaban J connectivity index is 1.63. The van der Waals surface area contributed by atoms with Crippen LogP contribution in [0.4, 0.5) is 0 Å². The summed E-state index contributed by atoms with van der Waals surface area (Å²) in [6.07, 6.45) is 5.20. The summed E-state index contributed by atoms with van der Waals surface area (Å²) in [6, 6.07) is 7.83. The molecule has 1 aliphatic heterocycles. The van der Waals surface area contributed by atoms with Crippen LogP contribution >= 0.6 is 0 Å². The topological polar surface area (TPSA) is 40.6 Å². The van der Waals surface area contributed by atoms with Gasteiger partial charge in [0, 0.05) is 32.2 Å². The van der Waals surface area contributed by atoms with Gasteiger partial charge in [-0.25, -0.2) is 8.42 Å². The third-order valence-corrected chi connectivity index (χ3v) is 7.27. The first-order chi connectivity index (χ1) is 11.0. The molecule has 0 aromatic heterocycles. The van der Waals surface area contributed by atoms with E-state index >= 15 is 0 Å². The maximum Gasteiger partial charge on any atom is 0.243 e. The maximum absolute atomic E-state index is 12.7.